The maximum atomic E-state index is 11.8. The maximum absolute atomic E-state index is 11.8. The molecule has 0 spiro atoms. The van der Waals surface area contributed by atoms with Gasteiger partial charge in [-0.05, 0) is 19.8 Å². The standard InChI is InChI=1S/C12H22N4O2/c1-4-10(5-2)16-12(17)9(3)13-7-6-11-14-8-15-18-11/h8-10,13H,4-7H2,1-3H3,(H,16,17). The second-order valence-corrected chi connectivity index (χ2v) is 4.28. The number of hydrogen-bond acceptors (Lipinski definition) is 5. The van der Waals surface area contributed by atoms with Crippen LogP contribution in [0.25, 0.3) is 0 Å². The second-order valence-electron chi connectivity index (χ2n) is 4.28. The van der Waals surface area contributed by atoms with Gasteiger partial charge >= 0.3 is 0 Å². The van der Waals surface area contributed by atoms with Crippen molar-refractivity contribution in [1.82, 2.24) is 20.8 Å². The third-order valence-electron chi connectivity index (χ3n) is 2.92. The number of carbonyl (C=O) groups excluding carboxylic acids is 1. The molecular formula is C12H22N4O2. The molecule has 6 nitrogen and oxygen atoms in total. The van der Waals surface area contributed by atoms with Crippen molar-refractivity contribution in [3.63, 3.8) is 0 Å². The number of amides is 1. The summed E-state index contributed by atoms with van der Waals surface area (Å²) in [7, 11) is 0. The van der Waals surface area contributed by atoms with E-state index in [-0.39, 0.29) is 18.0 Å². The number of hydrogen-bond donors (Lipinski definition) is 2. The molecule has 102 valence electrons. The SMILES string of the molecule is CCC(CC)NC(=O)C(C)NCCc1ncno1. The molecule has 18 heavy (non-hydrogen) atoms. The van der Waals surface area contributed by atoms with Crippen molar-refractivity contribution >= 4 is 5.91 Å². The predicted molar refractivity (Wildman–Crippen MR) is 68.0 cm³/mol. The average molecular weight is 254 g/mol. The Morgan fingerprint density at radius 2 is 2.17 bits per heavy atom. The van der Waals surface area contributed by atoms with E-state index in [0.717, 1.165) is 12.8 Å². The molecule has 1 rings (SSSR count). The van der Waals surface area contributed by atoms with E-state index in [1.165, 1.54) is 6.33 Å². The summed E-state index contributed by atoms with van der Waals surface area (Å²) in [6.07, 6.45) is 3.91. The summed E-state index contributed by atoms with van der Waals surface area (Å²) in [4.78, 5) is 15.8. The van der Waals surface area contributed by atoms with Gasteiger partial charge in [-0.1, -0.05) is 19.0 Å². The molecule has 0 aliphatic rings. The van der Waals surface area contributed by atoms with E-state index in [1.54, 1.807) is 0 Å². The van der Waals surface area contributed by atoms with Gasteiger partial charge in [-0.2, -0.15) is 4.98 Å². The van der Waals surface area contributed by atoms with Crippen LogP contribution in [0.1, 0.15) is 39.5 Å². The first kappa shape index (κ1) is 14.6. The van der Waals surface area contributed by atoms with Gasteiger partial charge in [-0.25, -0.2) is 0 Å². The van der Waals surface area contributed by atoms with Crippen molar-refractivity contribution in [2.75, 3.05) is 6.54 Å². The highest BCUT2D eigenvalue weighted by molar-refractivity contribution is 5.81. The lowest BCUT2D eigenvalue weighted by Crippen LogP contribution is -2.46. The van der Waals surface area contributed by atoms with E-state index in [0.29, 0.717) is 18.9 Å². The molecule has 1 aromatic heterocycles. The first-order valence-corrected chi connectivity index (χ1v) is 6.46. The Labute approximate surface area is 108 Å². The minimum absolute atomic E-state index is 0.0363. The van der Waals surface area contributed by atoms with Gasteiger partial charge in [0.05, 0.1) is 6.04 Å². The highest BCUT2D eigenvalue weighted by atomic mass is 16.5. The molecule has 0 saturated heterocycles. The number of carbonyl (C=O) groups is 1. The summed E-state index contributed by atoms with van der Waals surface area (Å²) in [5.74, 6) is 0.615. The number of rotatable bonds is 8. The van der Waals surface area contributed by atoms with E-state index in [2.05, 4.69) is 34.6 Å². The lowest BCUT2D eigenvalue weighted by molar-refractivity contribution is -0.123. The second kappa shape index (κ2) is 7.81. The predicted octanol–water partition coefficient (Wildman–Crippen LogP) is 0.895. The molecule has 1 amide bonds. The van der Waals surface area contributed by atoms with Crippen LogP contribution in [0.4, 0.5) is 0 Å². The molecule has 0 aliphatic heterocycles. The molecule has 1 heterocycles. The molecule has 0 saturated carbocycles. The van der Waals surface area contributed by atoms with E-state index in [9.17, 15) is 4.79 Å². The highest BCUT2D eigenvalue weighted by Crippen LogP contribution is 1.97. The number of nitrogens with one attached hydrogen (secondary N) is 2. The Hall–Kier alpha value is -1.43. The summed E-state index contributed by atoms with van der Waals surface area (Å²) < 4.78 is 4.87. The number of aromatic nitrogens is 2. The van der Waals surface area contributed by atoms with Crippen LogP contribution in [0.3, 0.4) is 0 Å². The molecule has 0 aromatic carbocycles. The third kappa shape index (κ3) is 4.83. The summed E-state index contributed by atoms with van der Waals surface area (Å²) in [6.45, 7) is 6.63. The van der Waals surface area contributed by atoms with Crippen molar-refractivity contribution < 1.29 is 9.32 Å². The van der Waals surface area contributed by atoms with E-state index < -0.39 is 0 Å². The Balaban J connectivity index is 2.23. The van der Waals surface area contributed by atoms with Gasteiger partial charge in [0.1, 0.15) is 0 Å². The topological polar surface area (TPSA) is 80.0 Å². The molecular weight excluding hydrogens is 232 g/mol. The smallest absolute Gasteiger partial charge is 0.237 e. The molecule has 1 atom stereocenters. The lowest BCUT2D eigenvalue weighted by atomic mass is 10.1. The van der Waals surface area contributed by atoms with Gasteiger partial charge in [-0.3, -0.25) is 4.79 Å². The molecule has 2 N–H and O–H groups in total. The zero-order chi connectivity index (χ0) is 13.4. The van der Waals surface area contributed by atoms with Crippen LogP contribution >= 0.6 is 0 Å². The molecule has 0 radical (unpaired) electrons. The van der Waals surface area contributed by atoms with E-state index in [1.807, 2.05) is 6.92 Å². The Morgan fingerprint density at radius 3 is 2.72 bits per heavy atom. The van der Waals surface area contributed by atoms with Crippen molar-refractivity contribution in [3.05, 3.63) is 12.2 Å². The fourth-order valence-corrected chi connectivity index (χ4v) is 1.61. The number of nitrogens with zero attached hydrogens (tertiary/aromatic N) is 2. The monoisotopic (exact) mass is 254 g/mol. The van der Waals surface area contributed by atoms with Crippen LogP contribution < -0.4 is 10.6 Å². The zero-order valence-electron chi connectivity index (χ0n) is 11.3. The van der Waals surface area contributed by atoms with Gasteiger partial charge in [0, 0.05) is 19.0 Å². The van der Waals surface area contributed by atoms with Crippen LogP contribution in [0, 0.1) is 0 Å². The fourth-order valence-electron chi connectivity index (χ4n) is 1.61. The molecule has 0 bridgehead atoms. The zero-order valence-corrected chi connectivity index (χ0v) is 11.3. The fraction of sp³-hybridized carbons (Fsp3) is 0.750. The Kier molecular flexibility index (Phi) is 6.35. The molecule has 0 aliphatic carbocycles. The van der Waals surface area contributed by atoms with Crippen LogP contribution in [0.5, 0.6) is 0 Å². The van der Waals surface area contributed by atoms with Gasteiger partial charge < -0.3 is 15.2 Å². The molecule has 1 aromatic rings. The molecule has 1 unspecified atom stereocenters. The van der Waals surface area contributed by atoms with Gasteiger partial charge in [-0.15, -0.1) is 0 Å². The van der Waals surface area contributed by atoms with Crippen LogP contribution in [-0.4, -0.2) is 34.7 Å². The van der Waals surface area contributed by atoms with Crippen molar-refractivity contribution in [3.8, 4) is 0 Å². The molecule has 0 fully saturated rings. The van der Waals surface area contributed by atoms with E-state index >= 15 is 0 Å². The highest BCUT2D eigenvalue weighted by Gasteiger charge is 2.15. The van der Waals surface area contributed by atoms with Gasteiger partial charge in [0.2, 0.25) is 11.8 Å². The summed E-state index contributed by atoms with van der Waals surface area (Å²) in [5, 5.41) is 9.66. The van der Waals surface area contributed by atoms with Gasteiger partial charge in [0.25, 0.3) is 0 Å². The maximum Gasteiger partial charge on any atom is 0.237 e. The normalized spacial score (nSPS) is 12.7. The molecule has 6 heteroatoms. The summed E-state index contributed by atoms with van der Waals surface area (Å²) >= 11 is 0. The van der Waals surface area contributed by atoms with Crippen LogP contribution in [0.2, 0.25) is 0 Å². The summed E-state index contributed by atoms with van der Waals surface area (Å²) in [5.41, 5.74) is 0. The minimum Gasteiger partial charge on any atom is -0.352 e. The van der Waals surface area contributed by atoms with Crippen molar-refractivity contribution in [2.24, 2.45) is 0 Å². The van der Waals surface area contributed by atoms with Crippen LogP contribution in [0.15, 0.2) is 10.9 Å². The quantitative estimate of drug-likeness (QED) is 0.720. The largest absolute Gasteiger partial charge is 0.352 e. The Morgan fingerprint density at radius 1 is 1.44 bits per heavy atom. The summed E-state index contributed by atoms with van der Waals surface area (Å²) in [6, 6.07) is 0.0474. The first-order chi connectivity index (χ1) is 8.67. The van der Waals surface area contributed by atoms with E-state index in [4.69, 9.17) is 4.52 Å². The lowest BCUT2D eigenvalue weighted by Gasteiger charge is -2.19. The van der Waals surface area contributed by atoms with Crippen molar-refractivity contribution in [2.45, 2.75) is 52.1 Å². The third-order valence-corrected chi connectivity index (χ3v) is 2.92. The Bertz CT molecular complexity index is 336. The first-order valence-electron chi connectivity index (χ1n) is 6.46. The van der Waals surface area contributed by atoms with Crippen molar-refractivity contribution in [1.29, 1.82) is 0 Å². The average Bonchev–Trinajstić information content (AvgIpc) is 2.88. The minimum atomic E-state index is -0.214. The van der Waals surface area contributed by atoms with Gasteiger partial charge in [0.15, 0.2) is 6.33 Å². The van der Waals surface area contributed by atoms with Crippen LogP contribution in [-0.2, 0) is 11.2 Å².